The maximum absolute atomic E-state index is 2.52. The third kappa shape index (κ3) is 3.53. The van der Waals surface area contributed by atoms with Crippen LogP contribution < -0.4 is 4.90 Å². The van der Waals surface area contributed by atoms with Crippen molar-refractivity contribution in [3.63, 3.8) is 0 Å². The summed E-state index contributed by atoms with van der Waals surface area (Å²) < 4.78 is 2.52. The first kappa shape index (κ1) is 25.2. The Kier molecular flexibility index (Phi) is 5.31. The number of anilines is 3. The van der Waals surface area contributed by atoms with Crippen molar-refractivity contribution in [3.05, 3.63) is 170 Å². The lowest BCUT2D eigenvalue weighted by Gasteiger charge is -2.26. The molecule has 0 aliphatic rings. The number of nitrogens with zero attached hydrogens (tertiary/aromatic N) is 2. The largest absolute Gasteiger partial charge is 0.310 e. The molecule has 2 aromatic heterocycles. The molecular weight excluding hydrogens is 556 g/mol. The molecule has 0 aliphatic heterocycles. The molecule has 0 aliphatic carbocycles. The van der Waals surface area contributed by atoms with E-state index >= 15 is 0 Å². The predicted molar refractivity (Wildman–Crippen MR) is 196 cm³/mol. The highest BCUT2D eigenvalue weighted by Gasteiger charge is 2.23. The molecule has 0 radical (unpaired) electrons. The van der Waals surface area contributed by atoms with Crippen LogP contribution in [0.1, 0.15) is 0 Å². The summed E-state index contributed by atoms with van der Waals surface area (Å²) in [4.78, 5) is 2.34. The Morgan fingerprint density at radius 3 is 1.74 bits per heavy atom. The van der Waals surface area contributed by atoms with Gasteiger partial charge < -0.3 is 9.30 Å². The molecule has 0 saturated carbocycles. The van der Waals surface area contributed by atoms with Crippen LogP contribution in [0.15, 0.2) is 170 Å². The molecule has 0 spiro atoms. The second-order valence-electron chi connectivity index (χ2n) is 12.1. The molecule has 0 atom stereocenters. The van der Waals surface area contributed by atoms with Gasteiger partial charge in [0.1, 0.15) is 0 Å². The van der Waals surface area contributed by atoms with Crippen LogP contribution in [-0.4, -0.2) is 4.40 Å². The van der Waals surface area contributed by atoms with Gasteiger partial charge in [-0.15, -0.1) is 0 Å². The van der Waals surface area contributed by atoms with E-state index in [0.717, 1.165) is 17.1 Å². The van der Waals surface area contributed by atoms with Crippen LogP contribution in [0, 0.1) is 0 Å². The Bertz CT molecular complexity index is 2700. The van der Waals surface area contributed by atoms with Crippen molar-refractivity contribution in [3.8, 4) is 11.1 Å². The van der Waals surface area contributed by atoms with Gasteiger partial charge in [-0.1, -0.05) is 115 Å². The monoisotopic (exact) mass is 584 g/mol. The number of hydrogen-bond acceptors (Lipinski definition) is 1. The lowest BCUT2D eigenvalue weighted by atomic mass is 9.92. The minimum atomic E-state index is 1.13. The predicted octanol–water partition coefficient (Wildman–Crippen LogP) is 12.3. The molecule has 214 valence electrons. The molecule has 2 heteroatoms. The van der Waals surface area contributed by atoms with Gasteiger partial charge in [-0.2, -0.15) is 0 Å². The van der Waals surface area contributed by atoms with Crippen LogP contribution in [0.3, 0.4) is 0 Å². The zero-order valence-corrected chi connectivity index (χ0v) is 25.1. The van der Waals surface area contributed by atoms with Crippen molar-refractivity contribution in [2.45, 2.75) is 0 Å². The summed E-state index contributed by atoms with van der Waals surface area (Å²) >= 11 is 0. The molecule has 0 saturated heterocycles. The van der Waals surface area contributed by atoms with Gasteiger partial charge in [0.25, 0.3) is 0 Å². The van der Waals surface area contributed by atoms with E-state index in [1.54, 1.807) is 0 Å². The van der Waals surface area contributed by atoms with E-state index in [1.165, 1.54) is 70.8 Å². The molecule has 2 nitrogen and oxygen atoms in total. The number of fused-ring (bicyclic) bond motifs is 10. The van der Waals surface area contributed by atoms with Crippen molar-refractivity contribution in [1.29, 1.82) is 0 Å². The normalized spacial score (nSPS) is 11.9. The molecule has 10 rings (SSSR count). The van der Waals surface area contributed by atoms with E-state index in [0.29, 0.717) is 0 Å². The summed E-state index contributed by atoms with van der Waals surface area (Å²) in [5, 5.41) is 10.4. The van der Waals surface area contributed by atoms with Crippen LogP contribution in [0.5, 0.6) is 0 Å². The molecule has 0 N–H and O–H groups in total. The summed E-state index contributed by atoms with van der Waals surface area (Å²) in [5.74, 6) is 0. The molecule has 0 amide bonds. The summed E-state index contributed by atoms with van der Waals surface area (Å²) in [5.41, 5.74) is 9.64. The summed E-state index contributed by atoms with van der Waals surface area (Å²) in [6.45, 7) is 0. The Morgan fingerprint density at radius 1 is 0.370 bits per heavy atom. The fourth-order valence-corrected chi connectivity index (χ4v) is 7.75. The second-order valence-corrected chi connectivity index (χ2v) is 12.1. The van der Waals surface area contributed by atoms with E-state index in [1.807, 2.05) is 0 Å². The van der Waals surface area contributed by atoms with Gasteiger partial charge in [0, 0.05) is 38.6 Å². The van der Waals surface area contributed by atoms with Gasteiger partial charge in [-0.25, -0.2) is 0 Å². The van der Waals surface area contributed by atoms with Crippen LogP contribution in [0.2, 0.25) is 0 Å². The van der Waals surface area contributed by atoms with E-state index in [4.69, 9.17) is 0 Å². The molecule has 2 heterocycles. The average molecular weight is 585 g/mol. The number of rotatable bonds is 4. The van der Waals surface area contributed by atoms with Gasteiger partial charge >= 0.3 is 0 Å². The minimum absolute atomic E-state index is 1.13. The molecule has 0 fully saturated rings. The number of hydrogen-bond donors (Lipinski definition) is 0. The van der Waals surface area contributed by atoms with E-state index in [2.05, 4.69) is 179 Å². The quantitative estimate of drug-likeness (QED) is 0.200. The molecule has 0 bridgehead atoms. The van der Waals surface area contributed by atoms with E-state index < -0.39 is 0 Å². The minimum Gasteiger partial charge on any atom is -0.310 e. The Morgan fingerprint density at radius 2 is 0.978 bits per heavy atom. The lowest BCUT2D eigenvalue weighted by Crippen LogP contribution is -2.09. The summed E-state index contributed by atoms with van der Waals surface area (Å²) in [7, 11) is 0. The molecular formula is C44H28N2. The number of para-hydroxylation sites is 3. The van der Waals surface area contributed by atoms with Crippen LogP contribution >= 0.6 is 0 Å². The zero-order chi connectivity index (χ0) is 30.2. The Labute approximate surface area is 266 Å². The van der Waals surface area contributed by atoms with E-state index in [-0.39, 0.29) is 0 Å². The second kappa shape index (κ2) is 9.69. The highest BCUT2D eigenvalue weighted by molar-refractivity contribution is 6.36. The first-order valence-electron chi connectivity index (χ1n) is 15.9. The van der Waals surface area contributed by atoms with Gasteiger partial charge in [0.05, 0.1) is 16.6 Å². The highest BCUT2D eigenvalue weighted by atomic mass is 15.1. The Hall–Kier alpha value is -6.12. The van der Waals surface area contributed by atoms with Crippen molar-refractivity contribution < 1.29 is 0 Å². The third-order valence-corrected chi connectivity index (χ3v) is 9.64. The van der Waals surface area contributed by atoms with Gasteiger partial charge in [-0.3, -0.25) is 0 Å². The molecule has 46 heavy (non-hydrogen) atoms. The van der Waals surface area contributed by atoms with Gasteiger partial charge in [-0.05, 0) is 87.3 Å². The lowest BCUT2D eigenvalue weighted by molar-refractivity contribution is 1.28. The third-order valence-electron chi connectivity index (χ3n) is 9.64. The van der Waals surface area contributed by atoms with Crippen molar-refractivity contribution in [2.75, 3.05) is 4.90 Å². The number of benzene rings is 8. The van der Waals surface area contributed by atoms with Crippen LogP contribution in [-0.2, 0) is 0 Å². The first-order chi connectivity index (χ1) is 22.8. The fourth-order valence-electron chi connectivity index (χ4n) is 7.75. The smallest absolute Gasteiger partial charge is 0.0627 e. The van der Waals surface area contributed by atoms with Crippen molar-refractivity contribution >= 4 is 76.7 Å². The van der Waals surface area contributed by atoms with Gasteiger partial charge in [0.2, 0.25) is 0 Å². The van der Waals surface area contributed by atoms with Crippen molar-refractivity contribution in [1.82, 2.24) is 4.40 Å². The maximum atomic E-state index is 2.52. The molecule has 10 aromatic rings. The standard InChI is InChI=1S/C44H28N2/c1-3-16-31(17-4-1)45(32-18-5-2-6-19-32)33-20-13-15-29(26-33)38-28-41-42(37-24-10-9-22-35(37)38)43-34-21-8-7-14-30(34)27-39-36-23-11-12-25-40(36)46(41)44(39)43/h1-28H. The number of aromatic nitrogens is 1. The summed E-state index contributed by atoms with van der Waals surface area (Å²) in [6, 6.07) is 61.8. The van der Waals surface area contributed by atoms with Crippen LogP contribution in [0.4, 0.5) is 17.1 Å². The van der Waals surface area contributed by atoms with Crippen LogP contribution in [0.25, 0.3) is 70.8 Å². The Balaban J connectivity index is 1.32. The fraction of sp³-hybridized carbons (Fsp3) is 0. The molecule has 8 aromatic carbocycles. The summed E-state index contributed by atoms with van der Waals surface area (Å²) in [6.07, 6.45) is 0. The van der Waals surface area contributed by atoms with Crippen molar-refractivity contribution in [2.24, 2.45) is 0 Å². The highest BCUT2D eigenvalue weighted by Crippen LogP contribution is 2.47. The topological polar surface area (TPSA) is 7.65 Å². The maximum Gasteiger partial charge on any atom is 0.0627 e. The van der Waals surface area contributed by atoms with Gasteiger partial charge in [0.15, 0.2) is 0 Å². The van der Waals surface area contributed by atoms with E-state index in [9.17, 15) is 0 Å². The molecule has 0 unspecified atom stereocenters. The average Bonchev–Trinajstić information content (AvgIpc) is 3.64. The SMILES string of the molecule is c1ccc(N(c2ccccc2)c2cccc(-c3cc4c(c5ccccc35)c3c5ccccc5cc5c6ccccc6n4c53)c2)cc1. The first-order valence-corrected chi connectivity index (χ1v) is 15.9. The zero-order valence-electron chi connectivity index (χ0n) is 25.1.